The number of esters is 1. The number of rotatable bonds is 5. The van der Waals surface area contributed by atoms with Crippen molar-refractivity contribution in [3.05, 3.63) is 71.6 Å². The van der Waals surface area contributed by atoms with Gasteiger partial charge < -0.3 is 19.0 Å². The van der Waals surface area contributed by atoms with Crippen molar-refractivity contribution in [2.45, 2.75) is 26.4 Å². The number of nitrogens with zero attached hydrogens (tertiary/aromatic N) is 3. The summed E-state index contributed by atoms with van der Waals surface area (Å²) < 4.78 is 15.9. The van der Waals surface area contributed by atoms with Crippen LogP contribution in [-0.4, -0.2) is 39.7 Å². The number of carbonyl (C=O) groups excluding carboxylic acids is 1. The van der Waals surface area contributed by atoms with E-state index in [2.05, 4.69) is 26.8 Å². The molecule has 0 amide bonds. The third-order valence-corrected chi connectivity index (χ3v) is 4.98. The minimum absolute atomic E-state index is 0.125. The van der Waals surface area contributed by atoms with E-state index in [1.807, 2.05) is 6.07 Å². The van der Waals surface area contributed by atoms with Crippen molar-refractivity contribution >= 4 is 16.9 Å². The van der Waals surface area contributed by atoms with Gasteiger partial charge in [0, 0.05) is 22.6 Å². The first-order valence-corrected chi connectivity index (χ1v) is 10.6. The highest BCUT2D eigenvalue weighted by atomic mass is 16.5. The smallest absolute Gasteiger partial charge is 0.357 e. The van der Waals surface area contributed by atoms with E-state index in [0.717, 1.165) is 0 Å². The van der Waals surface area contributed by atoms with Crippen LogP contribution in [0, 0.1) is 18.8 Å². The zero-order chi connectivity index (χ0) is 24.3. The molecule has 4 aromatic rings. The van der Waals surface area contributed by atoms with E-state index in [1.165, 1.54) is 13.1 Å². The molecule has 1 atom stereocenters. The second-order valence-corrected chi connectivity index (χ2v) is 7.68. The number of benzene rings is 2. The van der Waals surface area contributed by atoms with Gasteiger partial charge in [-0.1, -0.05) is 24.0 Å². The molecule has 0 spiro atoms. The topological polar surface area (TPSA) is 108 Å². The summed E-state index contributed by atoms with van der Waals surface area (Å²) in [5, 5.41) is 11.2. The Morgan fingerprint density at radius 3 is 2.74 bits per heavy atom. The first kappa shape index (κ1) is 23.0. The number of aryl methyl sites for hydroxylation is 1. The van der Waals surface area contributed by atoms with Gasteiger partial charge in [-0.25, -0.2) is 19.7 Å². The van der Waals surface area contributed by atoms with Crippen molar-refractivity contribution in [2.24, 2.45) is 0 Å². The number of oxazole rings is 1. The number of methoxy groups -OCH3 is 1. The Balaban J connectivity index is 1.77. The average Bonchev–Trinajstić information content (AvgIpc) is 3.29. The second kappa shape index (κ2) is 9.33. The minimum atomic E-state index is -1.56. The molecular weight excluding hydrogens is 434 g/mol. The van der Waals surface area contributed by atoms with Gasteiger partial charge in [0.15, 0.2) is 17.1 Å². The normalized spacial score (nSPS) is 12.5. The fourth-order valence-electron chi connectivity index (χ4n) is 3.28. The summed E-state index contributed by atoms with van der Waals surface area (Å²) >= 11 is 0. The Labute approximate surface area is 196 Å². The first-order chi connectivity index (χ1) is 16.3. The number of carbonyl (C=O) groups is 1. The molecule has 2 aromatic carbocycles. The van der Waals surface area contributed by atoms with E-state index < -0.39 is 11.6 Å². The highest BCUT2D eigenvalue weighted by Gasteiger charge is 2.26. The van der Waals surface area contributed by atoms with Crippen LogP contribution in [0.25, 0.3) is 22.3 Å². The lowest BCUT2D eigenvalue weighted by Crippen LogP contribution is -2.18. The molecule has 1 N–H and O–H groups in total. The van der Waals surface area contributed by atoms with Crippen molar-refractivity contribution in [3.8, 4) is 29.0 Å². The van der Waals surface area contributed by atoms with Crippen LogP contribution in [0.3, 0.4) is 0 Å². The molecule has 0 fully saturated rings. The van der Waals surface area contributed by atoms with Gasteiger partial charge in [0.1, 0.15) is 11.5 Å². The largest absolute Gasteiger partial charge is 0.497 e. The van der Waals surface area contributed by atoms with Crippen LogP contribution in [-0.2, 0) is 10.3 Å². The Hall–Kier alpha value is -4.22. The van der Waals surface area contributed by atoms with Gasteiger partial charge in [-0.2, -0.15) is 0 Å². The second-order valence-electron chi connectivity index (χ2n) is 7.68. The quantitative estimate of drug-likeness (QED) is 0.353. The number of ether oxygens (including phenoxy) is 2. The molecule has 2 aromatic heterocycles. The van der Waals surface area contributed by atoms with Gasteiger partial charge in [-0.15, -0.1) is 0 Å². The van der Waals surface area contributed by atoms with Crippen LogP contribution in [0.5, 0.6) is 5.75 Å². The summed E-state index contributed by atoms with van der Waals surface area (Å²) in [6.45, 7) is 5.22. The van der Waals surface area contributed by atoms with Crippen LogP contribution >= 0.6 is 0 Å². The molecule has 0 aliphatic heterocycles. The molecule has 0 saturated heterocycles. The fraction of sp³-hybridized carbons (Fsp3) is 0.231. The summed E-state index contributed by atoms with van der Waals surface area (Å²) in [6.07, 6.45) is 1.53. The van der Waals surface area contributed by atoms with Crippen molar-refractivity contribution in [1.29, 1.82) is 0 Å². The van der Waals surface area contributed by atoms with Gasteiger partial charge in [0.05, 0.1) is 25.4 Å². The lowest BCUT2D eigenvalue weighted by Gasteiger charge is -2.11. The maximum atomic E-state index is 12.6. The average molecular weight is 457 g/mol. The number of aliphatic hydroxyl groups is 1. The summed E-state index contributed by atoms with van der Waals surface area (Å²) in [7, 11) is 1.56. The summed E-state index contributed by atoms with van der Waals surface area (Å²) in [4.78, 5) is 25.8. The van der Waals surface area contributed by atoms with E-state index in [0.29, 0.717) is 39.4 Å². The predicted octanol–water partition coefficient (Wildman–Crippen LogP) is 4.04. The molecule has 34 heavy (non-hydrogen) atoms. The molecule has 4 rings (SSSR count). The number of fused-ring (bicyclic) bond motifs is 1. The minimum Gasteiger partial charge on any atom is -0.497 e. The lowest BCUT2D eigenvalue weighted by atomic mass is 10.1. The number of hydrogen-bond donors (Lipinski definition) is 1. The molecule has 0 bridgehead atoms. The van der Waals surface area contributed by atoms with Crippen LogP contribution in [0.2, 0.25) is 0 Å². The van der Waals surface area contributed by atoms with E-state index in [1.54, 1.807) is 57.4 Å². The van der Waals surface area contributed by atoms with Crippen molar-refractivity contribution < 1.29 is 23.8 Å². The molecule has 172 valence electrons. The van der Waals surface area contributed by atoms with Crippen molar-refractivity contribution in [1.82, 2.24) is 15.0 Å². The molecule has 8 heteroatoms. The van der Waals surface area contributed by atoms with Gasteiger partial charge in [0.2, 0.25) is 5.89 Å². The number of hydrogen-bond acceptors (Lipinski definition) is 8. The van der Waals surface area contributed by atoms with Crippen LogP contribution < -0.4 is 4.74 Å². The van der Waals surface area contributed by atoms with Gasteiger partial charge in [0.25, 0.3) is 0 Å². The molecule has 0 aliphatic rings. The van der Waals surface area contributed by atoms with Crippen molar-refractivity contribution in [3.63, 3.8) is 0 Å². The summed E-state index contributed by atoms with van der Waals surface area (Å²) in [6, 6.07) is 12.4. The molecule has 0 unspecified atom stereocenters. The van der Waals surface area contributed by atoms with Gasteiger partial charge >= 0.3 is 5.97 Å². The van der Waals surface area contributed by atoms with Crippen LogP contribution in [0.15, 0.2) is 53.1 Å². The first-order valence-electron chi connectivity index (χ1n) is 10.6. The summed E-state index contributed by atoms with van der Waals surface area (Å²) in [5.41, 5.74) is 0.424. The molecule has 8 nitrogen and oxygen atoms in total. The highest BCUT2D eigenvalue weighted by molar-refractivity contribution is 6.02. The van der Waals surface area contributed by atoms with E-state index >= 15 is 0 Å². The monoisotopic (exact) mass is 457 g/mol. The molecular formula is C26H23N3O5. The van der Waals surface area contributed by atoms with E-state index in [4.69, 9.17) is 13.9 Å². The third-order valence-electron chi connectivity index (χ3n) is 4.98. The zero-order valence-electron chi connectivity index (χ0n) is 19.2. The SMILES string of the molecule is CCOC(=O)c1nc(-c2cccc(C#C[C@](C)(O)c3ncc(C)o3)c2)nc2cc(OC)ccc12. The molecule has 0 radical (unpaired) electrons. The molecule has 0 saturated carbocycles. The highest BCUT2D eigenvalue weighted by Crippen LogP contribution is 2.26. The Morgan fingerprint density at radius 1 is 1.21 bits per heavy atom. The lowest BCUT2D eigenvalue weighted by molar-refractivity contribution is 0.0522. The Bertz CT molecular complexity index is 1430. The predicted molar refractivity (Wildman–Crippen MR) is 125 cm³/mol. The van der Waals surface area contributed by atoms with Gasteiger partial charge in [-0.05, 0) is 45.0 Å². The fourth-order valence-corrected chi connectivity index (χ4v) is 3.28. The standard InChI is InChI=1S/C26H23N3O5/c1-5-33-24(30)22-20-10-9-19(32-4)14-21(20)28-23(29-22)18-8-6-7-17(13-18)11-12-26(3,31)25-27-15-16(2)34-25/h6-10,13-15,31H,5H2,1-4H3/t26-/m0/s1. The van der Waals surface area contributed by atoms with Crippen LogP contribution in [0.1, 0.15) is 41.6 Å². The number of aromatic nitrogens is 3. The van der Waals surface area contributed by atoms with E-state index in [-0.39, 0.29) is 18.2 Å². The Morgan fingerprint density at radius 2 is 2.03 bits per heavy atom. The summed E-state index contributed by atoms with van der Waals surface area (Å²) in [5.74, 6) is 6.86. The van der Waals surface area contributed by atoms with Gasteiger partial charge in [-0.3, -0.25) is 0 Å². The Kier molecular flexibility index (Phi) is 6.30. The molecule has 0 aliphatic carbocycles. The zero-order valence-corrected chi connectivity index (χ0v) is 19.2. The maximum absolute atomic E-state index is 12.6. The van der Waals surface area contributed by atoms with Crippen LogP contribution in [0.4, 0.5) is 0 Å². The third kappa shape index (κ3) is 4.75. The maximum Gasteiger partial charge on any atom is 0.357 e. The van der Waals surface area contributed by atoms with E-state index in [9.17, 15) is 9.90 Å². The molecule has 2 heterocycles. The van der Waals surface area contributed by atoms with Crippen molar-refractivity contribution in [2.75, 3.05) is 13.7 Å².